The Kier molecular flexibility index (Phi) is 6.22. The first-order chi connectivity index (χ1) is 8.17. The van der Waals surface area contributed by atoms with Crippen LogP contribution in [0.1, 0.15) is 19.8 Å². The summed E-state index contributed by atoms with van der Waals surface area (Å²) in [5, 5.41) is 3.21. The molecule has 1 fully saturated rings. The maximum absolute atomic E-state index is 11.5. The number of ether oxygens (including phenoxy) is 1. The van der Waals surface area contributed by atoms with Crippen molar-refractivity contribution in [2.24, 2.45) is 5.92 Å². The fourth-order valence-corrected chi connectivity index (χ4v) is 2.32. The van der Waals surface area contributed by atoms with Crippen molar-refractivity contribution in [3.63, 3.8) is 0 Å². The molecule has 0 aromatic rings. The van der Waals surface area contributed by atoms with Gasteiger partial charge in [-0.1, -0.05) is 6.58 Å². The van der Waals surface area contributed by atoms with E-state index in [1.54, 1.807) is 0 Å². The minimum atomic E-state index is -0.261. The number of nitrogens with one attached hydrogen (secondary N) is 1. The van der Waals surface area contributed by atoms with E-state index in [1.165, 1.54) is 12.8 Å². The second kappa shape index (κ2) is 7.45. The minimum absolute atomic E-state index is 0.261. The third-order valence-corrected chi connectivity index (χ3v) is 3.07. The Morgan fingerprint density at radius 2 is 2.35 bits per heavy atom. The van der Waals surface area contributed by atoms with Crippen molar-refractivity contribution in [1.82, 2.24) is 10.2 Å². The van der Waals surface area contributed by atoms with Gasteiger partial charge >= 0.3 is 5.97 Å². The van der Waals surface area contributed by atoms with Crippen molar-refractivity contribution in [3.05, 3.63) is 12.2 Å². The number of rotatable bonds is 6. The number of nitrogens with zero attached hydrogens (tertiary/aromatic N) is 1. The molecule has 1 heterocycles. The summed E-state index contributed by atoms with van der Waals surface area (Å²) in [7, 11) is 1.98. The van der Waals surface area contributed by atoms with Crippen LogP contribution in [0.5, 0.6) is 0 Å². The monoisotopic (exact) mass is 240 g/mol. The summed E-state index contributed by atoms with van der Waals surface area (Å²) in [5.74, 6) is 0.423. The maximum Gasteiger partial charge on any atom is 0.334 e. The largest absolute Gasteiger partial charge is 0.463 e. The normalized spacial score (nSPS) is 21.2. The van der Waals surface area contributed by atoms with Gasteiger partial charge < -0.3 is 10.1 Å². The molecule has 1 atom stereocenters. The van der Waals surface area contributed by atoms with Crippen molar-refractivity contribution >= 4 is 5.97 Å². The zero-order chi connectivity index (χ0) is 12.7. The van der Waals surface area contributed by atoms with E-state index in [2.05, 4.69) is 16.8 Å². The Balaban J connectivity index is 2.35. The molecule has 0 bridgehead atoms. The lowest BCUT2D eigenvalue weighted by Crippen LogP contribution is -2.40. The first-order valence-corrected chi connectivity index (χ1v) is 6.39. The maximum atomic E-state index is 11.5. The highest BCUT2D eigenvalue weighted by Crippen LogP contribution is 2.16. The van der Waals surface area contributed by atoms with E-state index in [4.69, 9.17) is 4.74 Å². The van der Waals surface area contributed by atoms with Crippen LogP contribution in [0.25, 0.3) is 0 Å². The zero-order valence-corrected chi connectivity index (χ0v) is 11.0. The molecule has 17 heavy (non-hydrogen) atoms. The van der Waals surface area contributed by atoms with Gasteiger partial charge in [-0.25, -0.2) is 4.79 Å². The van der Waals surface area contributed by atoms with Gasteiger partial charge in [0.2, 0.25) is 0 Å². The van der Waals surface area contributed by atoms with Crippen LogP contribution in [0.4, 0.5) is 0 Å². The van der Waals surface area contributed by atoms with Gasteiger partial charge in [-0.05, 0) is 45.8 Å². The molecule has 0 aromatic heterocycles. The number of hydrogen-bond donors (Lipinski definition) is 1. The molecule has 1 aliphatic heterocycles. The fraction of sp³-hybridized carbons (Fsp3) is 0.769. The molecular weight excluding hydrogens is 216 g/mol. The molecule has 1 rings (SSSR count). The Morgan fingerprint density at radius 3 is 3.00 bits per heavy atom. The van der Waals surface area contributed by atoms with Gasteiger partial charge in [0.15, 0.2) is 0 Å². The van der Waals surface area contributed by atoms with Crippen molar-refractivity contribution in [2.45, 2.75) is 19.8 Å². The lowest BCUT2D eigenvalue weighted by atomic mass is 9.97. The number of piperidine rings is 1. The second-order valence-corrected chi connectivity index (χ2v) is 4.63. The van der Waals surface area contributed by atoms with Crippen LogP contribution in [0, 0.1) is 5.92 Å². The van der Waals surface area contributed by atoms with E-state index < -0.39 is 0 Å². The molecule has 4 heteroatoms. The van der Waals surface area contributed by atoms with E-state index in [1.807, 2.05) is 14.0 Å². The molecule has 0 aromatic carbocycles. The van der Waals surface area contributed by atoms with Gasteiger partial charge in [-0.15, -0.1) is 0 Å². The predicted octanol–water partition coefficient (Wildman–Crippen LogP) is 1.04. The van der Waals surface area contributed by atoms with Crippen molar-refractivity contribution in [1.29, 1.82) is 0 Å². The second-order valence-electron chi connectivity index (χ2n) is 4.63. The van der Waals surface area contributed by atoms with Crippen molar-refractivity contribution in [3.8, 4) is 0 Å². The van der Waals surface area contributed by atoms with Crippen LogP contribution in [-0.4, -0.2) is 50.7 Å². The van der Waals surface area contributed by atoms with Crippen molar-refractivity contribution < 1.29 is 9.53 Å². The average Bonchev–Trinajstić information content (AvgIpc) is 2.30. The number of likely N-dealkylation sites (tertiary alicyclic amines) is 1. The lowest BCUT2D eigenvalue weighted by Gasteiger charge is -2.32. The Hall–Kier alpha value is -0.870. The van der Waals surface area contributed by atoms with Crippen LogP contribution < -0.4 is 5.32 Å². The quantitative estimate of drug-likeness (QED) is 0.556. The molecule has 1 unspecified atom stereocenters. The van der Waals surface area contributed by atoms with E-state index in [0.717, 1.165) is 19.6 Å². The number of esters is 1. The molecule has 1 aliphatic rings. The lowest BCUT2D eigenvalue weighted by molar-refractivity contribution is -0.138. The highest BCUT2D eigenvalue weighted by Gasteiger charge is 2.21. The van der Waals surface area contributed by atoms with E-state index in [0.29, 0.717) is 24.6 Å². The topological polar surface area (TPSA) is 41.6 Å². The smallest absolute Gasteiger partial charge is 0.334 e. The molecule has 98 valence electrons. The summed E-state index contributed by atoms with van der Waals surface area (Å²) < 4.78 is 4.94. The third kappa shape index (κ3) is 4.88. The standard InChI is InChI=1S/C13H24N2O2/c1-4-17-13(16)11(2)9-15-7-5-6-12(10-15)8-14-3/h12,14H,2,4-10H2,1,3H3. The highest BCUT2D eigenvalue weighted by atomic mass is 16.5. The molecule has 4 nitrogen and oxygen atoms in total. The first-order valence-electron chi connectivity index (χ1n) is 6.39. The Labute approximate surface area is 104 Å². The molecule has 0 saturated carbocycles. The van der Waals surface area contributed by atoms with Gasteiger partial charge in [0, 0.05) is 18.7 Å². The average molecular weight is 240 g/mol. The SMILES string of the molecule is C=C(CN1CCCC(CNC)C1)C(=O)OCC. The number of hydrogen-bond acceptors (Lipinski definition) is 4. The molecule has 0 aliphatic carbocycles. The summed E-state index contributed by atoms with van der Waals surface area (Å²) in [4.78, 5) is 13.8. The van der Waals surface area contributed by atoms with Gasteiger partial charge in [0.1, 0.15) is 0 Å². The molecule has 1 saturated heterocycles. The molecular formula is C13H24N2O2. The third-order valence-electron chi connectivity index (χ3n) is 3.07. The van der Waals surface area contributed by atoms with E-state index >= 15 is 0 Å². The molecule has 0 radical (unpaired) electrons. The summed E-state index contributed by atoms with van der Waals surface area (Å²) in [6.07, 6.45) is 2.46. The fourth-order valence-electron chi connectivity index (χ4n) is 2.32. The summed E-state index contributed by atoms with van der Waals surface area (Å²) in [6, 6.07) is 0. The zero-order valence-electron chi connectivity index (χ0n) is 11.0. The first kappa shape index (κ1) is 14.2. The Morgan fingerprint density at radius 1 is 1.59 bits per heavy atom. The molecule has 1 N–H and O–H groups in total. The van der Waals surface area contributed by atoms with Crippen LogP contribution in [0.2, 0.25) is 0 Å². The van der Waals surface area contributed by atoms with E-state index in [9.17, 15) is 4.79 Å². The highest BCUT2D eigenvalue weighted by molar-refractivity contribution is 5.88. The Bertz CT molecular complexity index is 264. The van der Waals surface area contributed by atoms with Gasteiger partial charge in [0.05, 0.1) is 6.61 Å². The molecule has 0 spiro atoms. The number of carbonyl (C=O) groups is 1. The molecule has 0 amide bonds. The van der Waals surface area contributed by atoms with Crippen LogP contribution in [0.15, 0.2) is 12.2 Å². The van der Waals surface area contributed by atoms with E-state index in [-0.39, 0.29) is 5.97 Å². The minimum Gasteiger partial charge on any atom is -0.463 e. The van der Waals surface area contributed by atoms with Crippen LogP contribution in [0.3, 0.4) is 0 Å². The van der Waals surface area contributed by atoms with Gasteiger partial charge in [-0.3, -0.25) is 4.90 Å². The van der Waals surface area contributed by atoms with Crippen LogP contribution in [-0.2, 0) is 9.53 Å². The number of carbonyl (C=O) groups excluding carboxylic acids is 1. The summed E-state index contributed by atoms with van der Waals surface area (Å²) in [6.45, 7) is 9.82. The summed E-state index contributed by atoms with van der Waals surface area (Å²) >= 11 is 0. The van der Waals surface area contributed by atoms with Gasteiger partial charge in [-0.2, -0.15) is 0 Å². The van der Waals surface area contributed by atoms with Gasteiger partial charge in [0.25, 0.3) is 0 Å². The summed E-state index contributed by atoms with van der Waals surface area (Å²) in [5.41, 5.74) is 0.567. The predicted molar refractivity (Wildman–Crippen MR) is 68.9 cm³/mol. The van der Waals surface area contributed by atoms with Crippen LogP contribution >= 0.6 is 0 Å². The van der Waals surface area contributed by atoms with Crippen molar-refractivity contribution in [2.75, 3.05) is 39.8 Å².